The molecule has 1 unspecified atom stereocenters. The zero-order valence-corrected chi connectivity index (χ0v) is 14.9. The van der Waals surface area contributed by atoms with Gasteiger partial charge in [0.25, 0.3) is 5.91 Å². The zero-order chi connectivity index (χ0) is 18.1. The Kier molecular flexibility index (Phi) is 8.40. The van der Waals surface area contributed by atoms with E-state index in [2.05, 4.69) is 29.4 Å². The highest BCUT2D eigenvalue weighted by Gasteiger charge is 2.25. The van der Waals surface area contributed by atoms with Crippen LogP contribution in [-0.2, 0) is 4.79 Å². The van der Waals surface area contributed by atoms with Crippen molar-refractivity contribution < 1.29 is 14.0 Å². The van der Waals surface area contributed by atoms with Gasteiger partial charge in [-0.15, -0.1) is 0 Å². The van der Waals surface area contributed by atoms with Crippen molar-refractivity contribution in [3.05, 3.63) is 35.6 Å². The third-order valence-corrected chi connectivity index (χ3v) is 3.98. The molecule has 0 aliphatic heterocycles. The summed E-state index contributed by atoms with van der Waals surface area (Å²) in [7, 11) is 0. The number of nitrogens with zero attached hydrogens (tertiary/aromatic N) is 1. The summed E-state index contributed by atoms with van der Waals surface area (Å²) in [6, 6.07) is 5.04. The molecule has 5 nitrogen and oxygen atoms in total. The van der Waals surface area contributed by atoms with E-state index in [1.54, 1.807) is 6.07 Å². The third-order valence-electron chi connectivity index (χ3n) is 3.98. The number of halogens is 1. The summed E-state index contributed by atoms with van der Waals surface area (Å²) in [5.74, 6) is -1.53. The molecule has 1 aromatic rings. The van der Waals surface area contributed by atoms with Crippen molar-refractivity contribution in [1.82, 2.24) is 15.5 Å². The molecule has 1 rings (SSSR count). The molecule has 0 aromatic heterocycles. The lowest BCUT2D eigenvalue weighted by molar-refractivity contribution is -0.124. The first-order valence-corrected chi connectivity index (χ1v) is 8.46. The molecular formula is C18H28FN3O2. The predicted octanol–water partition coefficient (Wildman–Crippen LogP) is 2.04. The van der Waals surface area contributed by atoms with Crippen LogP contribution >= 0.6 is 0 Å². The monoisotopic (exact) mass is 337 g/mol. The fourth-order valence-corrected chi connectivity index (χ4v) is 2.39. The molecule has 0 radical (unpaired) electrons. The fourth-order valence-electron chi connectivity index (χ4n) is 2.39. The molecule has 0 aliphatic carbocycles. The first-order valence-electron chi connectivity index (χ1n) is 8.46. The Balaban J connectivity index is 2.65. The lowest BCUT2D eigenvalue weighted by atomic mass is 10.0. The average molecular weight is 337 g/mol. The number of hydrogen-bond donors (Lipinski definition) is 2. The molecule has 1 atom stereocenters. The number of likely N-dealkylation sites (N-methyl/N-ethyl adjacent to an activating group) is 1. The molecule has 0 spiro atoms. The molecule has 0 saturated carbocycles. The Morgan fingerprint density at radius 2 is 1.79 bits per heavy atom. The van der Waals surface area contributed by atoms with Gasteiger partial charge in [-0.2, -0.15) is 0 Å². The summed E-state index contributed by atoms with van der Waals surface area (Å²) in [6.07, 6.45) is 0. The molecule has 0 saturated heterocycles. The van der Waals surface area contributed by atoms with E-state index >= 15 is 0 Å². The van der Waals surface area contributed by atoms with Gasteiger partial charge in [-0.3, -0.25) is 9.59 Å². The summed E-state index contributed by atoms with van der Waals surface area (Å²) in [4.78, 5) is 26.8. The molecule has 6 heteroatoms. The highest BCUT2D eigenvalue weighted by molar-refractivity contribution is 5.97. The first-order chi connectivity index (χ1) is 11.4. The van der Waals surface area contributed by atoms with Crippen molar-refractivity contribution in [2.24, 2.45) is 5.92 Å². The number of benzene rings is 1. The van der Waals surface area contributed by atoms with E-state index < -0.39 is 17.8 Å². The second-order valence-corrected chi connectivity index (χ2v) is 5.99. The zero-order valence-electron chi connectivity index (χ0n) is 14.9. The fraction of sp³-hybridized carbons (Fsp3) is 0.556. The third kappa shape index (κ3) is 5.92. The number of carbonyl (C=O) groups is 2. The molecule has 1 aromatic carbocycles. The Labute approximate surface area is 143 Å². The van der Waals surface area contributed by atoms with E-state index in [1.807, 2.05) is 13.8 Å². The Morgan fingerprint density at radius 3 is 2.33 bits per heavy atom. The summed E-state index contributed by atoms with van der Waals surface area (Å²) < 4.78 is 13.7. The van der Waals surface area contributed by atoms with Gasteiger partial charge in [0.2, 0.25) is 5.91 Å². The number of hydrogen-bond acceptors (Lipinski definition) is 3. The van der Waals surface area contributed by atoms with Gasteiger partial charge >= 0.3 is 0 Å². The lowest BCUT2D eigenvalue weighted by Crippen LogP contribution is -2.51. The molecule has 2 N–H and O–H groups in total. The van der Waals surface area contributed by atoms with Crippen molar-refractivity contribution in [3.63, 3.8) is 0 Å². The van der Waals surface area contributed by atoms with Crippen LogP contribution in [0.4, 0.5) is 4.39 Å². The van der Waals surface area contributed by atoms with Gasteiger partial charge in [-0.25, -0.2) is 4.39 Å². The van der Waals surface area contributed by atoms with E-state index in [9.17, 15) is 14.0 Å². The van der Waals surface area contributed by atoms with Gasteiger partial charge in [0.15, 0.2) is 0 Å². The quantitative estimate of drug-likeness (QED) is 0.725. The van der Waals surface area contributed by atoms with Gasteiger partial charge in [-0.1, -0.05) is 39.8 Å². The number of amides is 2. The highest BCUT2D eigenvalue weighted by atomic mass is 19.1. The second-order valence-electron chi connectivity index (χ2n) is 5.99. The Morgan fingerprint density at radius 1 is 1.17 bits per heavy atom. The number of rotatable bonds is 9. The van der Waals surface area contributed by atoms with E-state index in [0.29, 0.717) is 6.54 Å². The van der Waals surface area contributed by atoms with Crippen LogP contribution < -0.4 is 10.6 Å². The van der Waals surface area contributed by atoms with Crippen LogP contribution in [0.3, 0.4) is 0 Å². The van der Waals surface area contributed by atoms with Gasteiger partial charge in [0.05, 0.1) is 5.56 Å². The maximum atomic E-state index is 13.7. The summed E-state index contributed by atoms with van der Waals surface area (Å²) in [5.41, 5.74) is -0.0564. The topological polar surface area (TPSA) is 61.4 Å². The van der Waals surface area contributed by atoms with Crippen molar-refractivity contribution in [2.75, 3.05) is 26.2 Å². The molecule has 0 bridgehead atoms. The SMILES string of the molecule is CCN(CC)CCNC(=O)C(NC(=O)c1ccccc1F)C(C)C. The molecule has 0 fully saturated rings. The van der Waals surface area contributed by atoms with Crippen molar-refractivity contribution >= 4 is 11.8 Å². The van der Waals surface area contributed by atoms with Crippen molar-refractivity contribution in [3.8, 4) is 0 Å². The van der Waals surface area contributed by atoms with Crippen LogP contribution in [0.1, 0.15) is 38.1 Å². The molecule has 134 valence electrons. The minimum Gasteiger partial charge on any atom is -0.353 e. The van der Waals surface area contributed by atoms with Crippen LogP contribution in [0, 0.1) is 11.7 Å². The second kappa shape index (κ2) is 10.0. The van der Waals surface area contributed by atoms with E-state index in [1.165, 1.54) is 18.2 Å². The average Bonchev–Trinajstić information content (AvgIpc) is 2.56. The molecular weight excluding hydrogens is 309 g/mol. The normalized spacial score (nSPS) is 12.3. The molecule has 0 aliphatic rings. The van der Waals surface area contributed by atoms with Gasteiger partial charge < -0.3 is 15.5 Å². The lowest BCUT2D eigenvalue weighted by Gasteiger charge is -2.23. The summed E-state index contributed by atoms with van der Waals surface area (Å²) in [6.45, 7) is 10.9. The standard InChI is InChI=1S/C18H28FN3O2/c1-5-22(6-2)12-11-20-18(24)16(13(3)4)21-17(23)14-9-7-8-10-15(14)19/h7-10,13,16H,5-6,11-12H2,1-4H3,(H,20,24)(H,21,23). The van der Waals surface area contributed by atoms with Crippen LogP contribution in [0.2, 0.25) is 0 Å². The van der Waals surface area contributed by atoms with E-state index in [4.69, 9.17) is 0 Å². The highest BCUT2D eigenvalue weighted by Crippen LogP contribution is 2.09. The molecule has 24 heavy (non-hydrogen) atoms. The van der Waals surface area contributed by atoms with Gasteiger partial charge in [-0.05, 0) is 31.1 Å². The van der Waals surface area contributed by atoms with Crippen molar-refractivity contribution in [2.45, 2.75) is 33.7 Å². The van der Waals surface area contributed by atoms with Crippen LogP contribution in [0.5, 0.6) is 0 Å². The molecule has 0 heterocycles. The first kappa shape index (κ1) is 20.1. The largest absolute Gasteiger partial charge is 0.353 e. The van der Waals surface area contributed by atoms with Gasteiger partial charge in [0.1, 0.15) is 11.9 Å². The van der Waals surface area contributed by atoms with Crippen LogP contribution in [-0.4, -0.2) is 48.9 Å². The van der Waals surface area contributed by atoms with Gasteiger partial charge in [0, 0.05) is 13.1 Å². The van der Waals surface area contributed by atoms with E-state index in [0.717, 1.165) is 19.6 Å². The summed E-state index contributed by atoms with van der Waals surface area (Å²) >= 11 is 0. The maximum absolute atomic E-state index is 13.7. The summed E-state index contributed by atoms with van der Waals surface area (Å²) in [5, 5.41) is 5.48. The maximum Gasteiger partial charge on any atom is 0.254 e. The Bertz CT molecular complexity index is 545. The predicted molar refractivity (Wildman–Crippen MR) is 93.3 cm³/mol. The number of nitrogens with one attached hydrogen (secondary N) is 2. The number of carbonyl (C=O) groups excluding carboxylic acids is 2. The Hall–Kier alpha value is -1.95. The molecule has 2 amide bonds. The van der Waals surface area contributed by atoms with Crippen molar-refractivity contribution in [1.29, 1.82) is 0 Å². The van der Waals surface area contributed by atoms with E-state index in [-0.39, 0.29) is 17.4 Å². The minimum absolute atomic E-state index is 0.0564. The smallest absolute Gasteiger partial charge is 0.254 e. The van der Waals surface area contributed by atoms with Crippen LogP contribution in [0.25, 0.3) is 0 Å². The van der Waals surface area contributed by atoms with Crippen LogP contribution in [0.15, 0.2) is 24.3 Å². The minimum atomic E-state index is -0.700.